The molecular formula is C16H19NO5. The molecule has 0 aliphatic carbocycles. The van der Waals surface area contributed by atoms with Crippen LogP contribution >= 0.6 is 0 Å². The molecule has 1 heterocycles. The lowest BCUT2D eigenvalue weighted by Gasteiger charge is -2.16. The van der Waals surface area contributed by atoms with Gasteiger partial charge in [0.2, 0.25) is 5.76 Å². The second kappa shape index (κ2) is 6.62. The number of ether oxygens (including phenoxy) is 2. The first-order chi connectivity index (χ1) is 10.5. The Kier molecular flexibility index (Phi) is 4.82. The fraction of sp³-hybridized carbons (Fsp3) is 0.375. The van der Waals surface area contributed by atoms with Gasteiger partial charge in [0.25, 0.3) is 5.91 Å². The maximum Gasteiger partial charge on any atom is 0.375 e. The number of para-hydroxylation sites is 1. The van der Waals surface area contributed by atoms with Crippen LogP contribution in [0, 0.1) is 0 Å². The van der Waals surface area contributed by atoms with Gasteiger partial charge in [-0.1, -0.05) is 18.2 Å². The SMILES string of the molecule is COCc1c(C(=O)OC(C)C(=O)N(C)C)oc2ccccc12. The standard InChI is InChI=1S/C16H19NO5/c1-10(15(18)17(2)3)21-16(19)14-12(9-20-4)11-7-5-6-8-13(11)22-14/h5-8,10H,9H2,1-4H3. The molecule has 0 aliphatic heterocycles. The summed E-state index contributed by atoms with van der Waals surface area (Å²) >= 11 is 0. The van der Waals surface area contributed by atoms with Crippen molar-refractivity contribution in [1.82, 2.24) is 4.90 Å². The van der Waals surface area contributed by atoms with Crippen LogP contribution in [0.5, 0.6) is 0 Å². The van der Waals surface area contributed by atoms with Crippen LogP contribution in [0.2, 0.25) is 0 Å². The maximum atomic E-state index is 12.3. The van der Waals surface area contributed by atoms with Crippen molar-refractivity contribution in [1.29, 1.82) is 0 Å². The van der Waals surface area contributed by atoms with E-state index in [9.17, 15) is 9.59 Å². The molecule has 0 fully saturated rings. The van der Waals surface area contributed by atoms with E-state index < -0.39 is 12.1 Å². The molecule has 1 unspecified atom stereocenters. The van der Waals surface area contributed by atoms with Crippen LogP contribution in [-0.2, 0) is 20.9 Å². The highest BCUT2D eigenvalue weighted by molar-refractivity contribution is 5.97. The summed E-state index contributed by atoms with van der Waals surface area (Å²) < 4.78 is 15.9. The Balaban J connectivity index is 2.31. The van der Waals surface area contributed by atoms with E-state index in [0.29, 0.717) is 11.1 Å². The Bertz CT molecular complexity index is 689. The Morgan fingerprint density at radius 2 is 1.95 bits per heavy atom. The molecule has 0 spiro atoms. The van der Waals surface area contributed by atoms with Crippen molar-refractivity contribution < 1.29 is 23.5 Å². The number of benzene rings is 1. The minimum Gasteiger partial charge on any atom is -0.449 e. The smallest absolute Gasteiger partial charge is 0.375 e. The van der Waals surface area contributed by atoms with E-state index in [1.165, 1.54) is 18.9 Å². The van der Waals surface area contributed by atoms with Crippen LogP contribution in [-0.4, -0.2) is 44.1 Å². The molecule has 6 heteroatoms. The molecule has 6 nitrogen and oxygen atoms in total. The van der Waals surface area contributed by atoms with Crippen LogP contribution in [0.1, 0.15) is 23.0 Å². The van der Waals surface area contributed by atoms with E-state index in [4.69, 9.17) is 13.9 Å². The van der Waals surface area contributed by atoms with E-state index in [-0.39, 0.29) is 18.3 Å². The normalized spacial score (nSPS) is 12.2. The minimum absolute atomic E-state index is 0.0708. The molecule has 2 rings (SSSR count). The summed E-state index contributed by atoms with van der Waals surface area (Å²) in [4.78, 5) is 25.5. The molecule has 1 atom stereocenters. The average molecular weight is 305 g/mol. The molecule has 1 aromatic heterocycles. The lowest BCUT2D eigenvalue weighted by Crippen LogP contribution is -2.35. The number of rotatable bonds is 5. The average Bonchev–Trinajstić information content (AvgIpc) is 2.86. The summed E-state index contributed by atoms with van der Waals surface area (Å²) in [6.45, 7) is 1.75. The van der Waals surface area contributed by atoms with Crippen molar-refractivity contribution in [2.24, 2.45) is 0 Å². The number of esters is 1. The lowest BCUT2D eigenvalue weighted by atomic mass is 10.1. The third-order valence-corrected chi connectivity index (χ3v) is 3.24. The van der Waals surface area contributed by atoms with Gasteiger partial charge in [0.05, 0.1) is 6.61 Å². The van der Waals surface area contributed by atoms with Crippen molar-refractivity contribution in [3.05, 3.63) is 35.6 Å². The van der Waals surface area contributed by atoms with Gasteiger partial charge in [0.15, 0.2) is 6.10 Å². The number of methoxy groups -OCH3 is 1. The second-order valence-electron chi connectivity index (χ2n) is 5.12. The number of carbonyl (C=O) groups is 2. The molecule has 118 valence electrons. The molecule has 0 radical (unpaired) electrons. The topological polar surface area (TPSA) is 69.0 Å². The fourth-order valence-corrected chi connectivity index (χ4v) is 2.18. The van der Waals surface area contributed by atoms with Gasteiger partial charge in [-0.05, 0) is 13.0 Å². The first kappa shape index (κ1) is 16.0. The number of hydrogen-bond donors (Lipinski definition) is 0. The van der Waals surface area contributed by atoms with Crippen LogP contribution in [0.4, 0.5) is 0 Å². The van der Waals surface area contributed by atoms with Crippen molar-refractivity contribution in [2.75, 3.05) is 21.2 Å². The van der Waals surface area contributed by atoms with Crippen LogP contribution in [0.25, 0.3) is 11.0 Å². The molecule has 0 saturated heterocycles. The predicted octanol–water partition coefficient (Wildman–Crippen LogP) is 2.21. The molecular weight excluding hydrogens is 286 g/mol. The van der Waals surface area contributed by atoms with E-state index in [0.717, 1.165) is 5.39 Å². The summed E-state index contributed by atoms with van der Waals surface area (Å²) in [6.07, 6.45) is -0.883. The summed E-state index contributed by atoms with van der Waals surface area (Å²) in [5, 5.41) is 0.794. The third-order valence-electron chi connectivity index (χ3n) is 3.24. The monoisotopic (exact) mass is 305 g/mol. The zero-order valence-corrected chi connectivity index (χ0v) is 13.1. The Morgan fingerprint density at radius 1 is 1.27 bits per heavy atom. The predicted molar refractivity (Wildman–Crippen MR) is 80.5 cm³/mol. The molecule has 0 bridgehead atoms. The van der Waals surface area contributed by atoms with Crippen molar-refractivity contribution in [3.63, 3.8) is 0 Å². The molecule has 0 aliphatic rings. The van der Waals surface area contributed by atoms with Gasteiger partial charge >= 0.3 is 5.97 Å². The molecule has 0 N–H and O–H groups in total. The number of fused-ring (bicyclic) bond motifs is 1. The number of amides is 1. The largest absolute Gasteiger partial charge is 0.449 e. The highest BCUT2D eigenvalue weighted by Gasteiger charge is 2.26. The van der Waals surface area contributed by atoms with Gasteiger partial charge in [-0.25, -0.2) is 4.79 Å². The van der Waals surface area contributed by atoms with Gasteiger partial charge < -0.3 is 18.8 Å². The van der Waals surface area contributed by atoms with Crippen molar-refractivity contribution in [3.8, 4) is 0 Å². The van der Waals surface area contributed by atoms with Crippen molar-refractivity contribution >= 4 is 22.8 Å². The number of hydrogen-bond acceptors (Lipinski definition) is 5. The second-order valence-corrected chi connectivity index (χ2v) is 5.12. The lowest BCUT2D eigenvalue weighted by molar-refractivity contribution is -0.137. The van der Waals surface area contributed by atoms with Crippen LogP contribution in [0.15, 0.2) is 28.7 Å². The summed E-state index contributed by atoms with van der Waals surface area (Å²) in [5.41, 5.74) is 1.20. The first-order valence-electron chi connectivity index (χ1n) is 6.87. The number of furan rings is 1. The van der Waals surface area contributed by atoms with Gasteiger partial charge in [-0.15, -0.1) is 0 Å². The summed E-state index contributed by atoms with van der Waals surface area (Å²) in [5.74, 6) is -0.898. The number of carbonyl (C=O) groups excluding carboxylic acids is 2. The zero-order valence-electron chi connectivity index (χ0n) is 13.1. The quantitative estimate of drug-likeness (QED) is 0.792. The first-order valence-corrected chi connectivity index (χ1v) is 6.87. The number of nitrogens with zero attached hydrogens (tertiary/aromatic N) is 1. The van der Waals surface area contributed by atoms with Crippen LogP contribution in [0.3, 0.4) is 0 Å². The zero-order chi connectivity index (χ0) is 16.3. The molecule has 22 heavy (non-hydrogen) atoms. The Hall–Kier alpha value is -2.34. The highest BCUT2D eigenvalue weighted by atomic mass is 16.6. The molecule has 1 aromatic carbocycles. The van der Waals surface area contributed by atoms with Gasteiger partial charge in [0, 0.05) is 32.2 Å². The maximum absolute atomic E-state index is 12.3. The molecule has 0 saturated carbocycles. The number of likely N-dealkylation sites (N-methyl/N-ethyl adjacent to an activating group) is 1. The van der Waals surface area contributed by atoms with E-state index >= 15 is 0 Å². The van der Waals surface area contributed by atoms with Crippen molar-refractivity contribution in [2.45, 2.75) is 19.6 Å². The third kappa shape index (κ3) is 3.12. The fourth-order valence-electron chi connectivity index (χ4n) is 2.18. The Labute approximate surface area is 128 Å². The molecule has 2 aromatic rings. The van der Waals surface area contributed by atoms with Crippen LogP contribution < -0.4 is 0 Å². The van der Waals surface area contributed by atoms with Gasteiger partial charge in [-0.2, -0.15) is 0 Å². The van der Waals surface area contributed by atoms with Gasteiger partial charge in [0.1, 0.15) is 5.58 Å². The highest BCUT2D eigenvalue weighted by Crippen LogP contribution is 2.27. The van der Waals surface area contributed by atoms with Gasteiger partial charge in [-0.3, -0.25) is 4.79 Å². The van der Waals surface area contributed by atoms with E-state index in [2.05, 4.69) is 0 Å². The Morgan fingerprint density at radius 3 is 2.59 bits per heavy atom. The molecule has 1 amide bonds. The summed E-state index contributed by atoms with van der Waals surface area (Å²) in [6, 6.07) is 7.28. The van der Waals surface area contributed by atoms with E-state index in [1.807, 2.05) is 18.2 Å². The minimum atomic E-state index is -0.883. The summed E-state index contributed by atoms with van der Waals surface area (Å²) in [7, 11) is 4.74. The van der Waals surface area contributed by atoms with E-state index in [1.54, 1.807) is 20.2 Å².